The van der Waals surface area contributed by atoms with Gasteiger partial charge in [0.1, 0.15) is 0 Å². The fraction of sp³-hybridized carbons (Fsp3) is 0. The normalized spacial score (nSPS) is 5.37. The second-order valence-corrected chi connectivity index (χ2v) is 5.16. The SMILES string of the molecule is [O]=[Nb](=[O])[O-].[O]=[Nb](=[O])[O-].[O]=[Ti]([O-])[O-].[O]=[Zr]([O-])[O-].[Pb+2].[Pb+2].[Pb+2]. The summed E-state index contributed by atoms with van der Waals surface area (Å²) in [5.41, 5.74) is 0. The Morgan fingerprint density at radius 3 is 0.789 bits per heavy atom. The van der Waals surface area contributed by atoms with Crippen LogP contribution in [-0.4, -0.2) is 81.9 Å². The van der Waals surface area contributed by atoms with E-state index in [1.807, 2.05) is 0 Å². The van der Waals surface area contributed by atoms with Crippen molar-refractivity contribution in [3.8, 4) is 0 Å². The second-order valence-electron chi connectivity index (χ2n) is 0.947. The van der Waals surface area contributed by atoms with E-state index in [1.165, 1.54) is 0 Å². The molecule has 0 bridgehead atoms. The summed E-state index contributed by atoms with van der Waals surface area (Å²) in [5.74, 6) is 0. The van der Waals surface area contributed by atoms with E-state index in [2.05, 4.69) is 0 Å². The third-order valence-corrected chi connectivity index (χ3v) is 0. The summed E-state index contributed by atoms with van der Waals surface area (Å²) in [5, 5.41) is 0. The molecule has 0 aromatic carbocycles. The van der Waals surface area contributed by atoms with Gasteiger partial charge in [-0.3, -0.25) is 0 Å². The monoisotopic (exact) mass is 1140 g/mol. The zero-order valence-electron chi connectivity index (χ0n) is 8.29. The van der Waals surface area contributed by atoms with E-state index in [1.54, 1.807) is 0 Å². The van der Waals surface area contributed by atoms with Crippen LogP contribution in [0.25, 0.3) is 0 Å². The van der Waals surface area contributed by atoms with E-state index in [0.717, 1.165) is 0 Å². The van der Waals surface area contributed by atoms with Gasteiger partial charge in [-0.15, -0.1) is 0 Å². The zero-order chi connectivity index (χ0) is 14.3. The molecule has 12 nitrogen and oxygen atoms in total. The summed E-state index contributed by atoms with van der Waals surface area (Å²) in [4.78, 5) is 0. The minimum Gasteiger partial charge on any atom is 2.00 e. The average molecular weight is 1140 g/mol. The molecule has 0 heterocycles. The first-order valence-electron chi connectivity index (χ1n) is 2.32. The average Bonchev–Trinajstić information content (AvgIpc) is 1.76. The molecule has 19 heavy (non-hydrogen) atoms. The Kier molecular flexibility index (Phi) is 87.6. The molecule has 0 aliphatic rings. The third kappa shape index (κ3) is 481. The van der Waals surface area contributed by atoms with Gasteiger partial charge in [0, 0.05) is 0 Å². The molecule has 0 spiro atoms. The summed E-state index contributed by atoms with van der Waals surface area (Å²) in [6, 6.07) is 0. The first-order valence-corrected chi connectivity index (χ1v) is 12.6. The van der Waals surface area contributed by atoms with E-state index in [9.17, 15) is 0 Å². The van der Waals surface area contributed by atoms with Gasteiger partial charge in [0.05, 0.1) is 0 Å². The summed E-state index contributed by atoms with van der Waals surface area (Å²) in [7, 11) is 0. The van der Waals surface area contributed by atoms with Crippen molar-refractivity contribution < 1.29 is 119 Å². The van der Waals surface area contributed by atoms with Crippen LogP contribution in [0.4, 0.5) is 0 Å². The van der Waals surface area contributed by atoms with Crippen molar-refractivity contribution in [2.24, 2.45) is 0 Å². The van der Waals surface area contributed by atoms with E-state index >= 15 is 0 Å². The molecule has 0 unspecified atom stereocenters. The van der Waals surface area contributed by atoms with Gasteiger partial charge >= 0.3 is 201 Å². The van der Waals surface area contributed by atoms with Gasteiger partial charge in [0.2, 0.25) is 0 Å². The molecule has 0 amide bonds. The standard InChI is InChI=1S/2Nb.12O.3Pb.Ti.Zr/q;;;;;;;;6*-1;3*+2;;. The van der Waals surface area contributed by atoms with Crippen molar-refractivity contribution in [3.63, 3.8) is 0 Å². The molecular formula is Nb2O12Pb3TiZr. The van der Waals surface area contributed by atoms with Gasteiger partial charge in [-0.05, 0) is 0 Å². The topological polar surface area (TPSA) is 241 Å². The molecule has 0 rings (SSSR count). The fourth-order valence-corrected chi connectivity index (χ4v) is 0. The van der Waals surface area contributed by atoms with Crippen LogP contribution in [0.3, 0.4) is 0 Å². The Morgan fingerprint density at radius 2 is 0.789 bits per heavy atom. The maximum atomic E-state index is 8.61. The van der Waals surface area contributed by atoms with Crippen LogP contribution >= 0.6 is 0 Å². The molecular weight excluding hydrogens is 1140 g/mol. The molecule has 6 radical (unpaired) electrons. The molecule has 19 heteroatoms. The van der Waals surface area contributed by atoms with Crippen molar-refractivity contribution in [2.75, 3.05) is 0 Å². The van der Waals surface area contributed by atoms with Crippen LogP contribution in [0.5, 0.6) is 0 Å². The molecule has 0 aliphatic carbocycles. The van der Waals surface area contributed by atoms with E-state index < -0.39 is 78.8 Å². The van der Waals surface area contributed by atoms with Crippen LogP contribution < -0.4 is 21.0 Å². The Bertz CT molecular complexity index is 267. The van der Waals surface area contributed by atoms with E-state index in [0.29, 0.717) is 0 Å². The largest absolute Gasteiger partial charge is 2.00 e. The Balaban J connectivity index is -0.0000000192. The zero-order valence-corrected chi connectivity index (χ0v) is 28.4. The van der Waals surface area contributed by atoms with Crippen molar-refractivity contribution in [1.29, 1.82) is 0 Å². The number of hydrogen-bond donors (Lipinski definition) is 0. The van der Waals surface area contributed by atoms with Crippen molar-refractivity contribution >= 4 is 81.9 Å². The van der Waals surface area contributed by atoms with E-state index in [-0.39, 0.29) is 81.9 Å². The van der Waals surface area contributed by atoms with Crippen LogP contribution in [0.2, 0.25) is 0 Å². The Morgan fingerprint density at radius 1 is 0.789 bits per heavy atom. The maximum Gasteiger partial charge on any atom is 2.00 e. The van der Waals surface area contributed by atoms with Crippen molar-refractivity contribution in [1.82, 2.24) is 0 Å². The molecule has 102 valence electrons. The molecule has 0 atom stereocenters. The predicted octanol–water partition coefficient (Wildman–Crippen LogP) is -9.00. The third-order valence-electron chi connectivity index (χ3n) is 0. The maximum absolute atomic E-state index is 8.61. The van der Waals surface area contributed by atoms with Gasteiger partial charge in [0.15, 0.2) is 0 Å². The molecule has 0 aromatic rings. The predicted molar refractivity (Wildman–Crippen MR) is 21.4 cm³/mol. The molecule has 0 aliphatic heterocycles. The minimum atomic E-state index is -4.29. The number of hydrogen-bond acceptors (Lipinski definition) is 12. The Labute approximate surface area is 196 Å². The number of rotatable bonds is 0. The van der Waals surface area contributed by atoms with Crippen LogP contribution in [0.1, 0.15) is 0 Å². The van der Waals surface area contributed by atoms with Crippen LogP contribution in [-0.2, 0) is 98.0 Å². The molecule has 0 saturated carbocycles. The quantitative estimate of drug-likeness (QED) is 0.206. The molecule has 0 fully saturated rings. The van der Waals surface area contributed by atoms with Gasteiger partial charge in [-0.25, -0.2) is 0 Å². The first kappa shape index (κ1) is 43.7. The first-order chi connectivity index (χ1) is 6.93. The van der Waals surface area contributed by atoms with Gasteiger partial charge in [0.25, 0.3) is 0 Å². The summed E-state index contributed by atoms with van der Waals surface area (Å²) in [6.45, 7) is 0. The second kappa shape index (κ2) is 38.1. The van der Waals surface area contributed by atoms with Crippen molar-refractivity contribution in [3.05, 3.63) is 0 Å². The van der Waals surface area contributed by atoms with Gasteiger partial charge in [-0.2, -0.15) is 0 Å². The summed E-state index contributed by atoms with van der Waals surface area (Å²) < 4.78 is 103. The molecule has 0 saturated heterocycles. The molecule has 0 aromatic heterocycles. The van der Waals surface area contributed by atoms with Crippen LogP contribution in [0.15, 0.2) is 0 Å². The summed E-state index contributed by atoms with van der Waals surface area (Å²) in [6.07, 6.45) is 0. The molecule has 0 N–H and O–H groups in total. The van der Waals surface area contributed by atoms with Gasteiger partial charge in [-0.1, -0.05) is 0 Å². The fourth-order valence-electron chi connectivity index (χ4n) is 0. The Hall–Kier alpha value is 4.40. The summed E-state index contributed by atoms with van der Waals surface area (Å²) >= 11 is -16.8. The van der Waals surface area contributed by atoms with E-state index in [4.69, 9.17) is 40.1 Å². The van der Waals surface area contributed by atoms with Crippen LogP contribution in [0, 0.1) is 0 Å². The van der Waals surface area contributed by atoms with Gasteiger partial charge < -0.3 is 0 Å². The van der Waals surface area contributed by atoms with Crippen molar-refractivity contribution in [2.45, 2.75) is 0 Å². The smallest absolute Gasteiger partial charge is 2.00 e. The minimum absolute atomic E-state index is 0.